The number of aliphatic carboxylic acids is 1. The lowest BCUT2D eigenvalue weighted by molar-refractivity contribution is -0.367. The van der Waals surface area contributed by atoms with Crippen molar-refractivity contribution in [1.82, 2.24) is 25.3 Å². The number of nitrogens with zero attached hydrogens (tertiary/aromatic N) is 5. The minimum atomic E-state index is -5.03. The maximum Gasteiger partial charge on any atom is 0.418 e. The molecule has 286 valence electrons. The summed E-state index contributed by atoms with van der Waals surface area (Å²) >= 11 is 0.966. The molecule has 5 rings (SSSR count). The number of carbonyl (C=O) groups is 4. The normalized spacial score (nSPS) is 18.8. The van der Waals surface area contributed by atoms with Crippen molar-refractivity contribution in [3.8, 4) is 16.9 Å². The molecule has 21 nitrogen and oxygen atoms in total. The molecule has 53 heavy (non-hydrogen) atoms. The second kappa shape index (κ2) is 16.5. The van der Waals surface area contributed by atoms with E-state index >= 15 is 0 Å². The molecule has 3 aromatic rings. The fraction of sp³-hybridized carbons (Fsp3) is 0.400. The number of fused-ring (bicyclic) bond motifs is 1. The Morgan fingerprint density at radius 2 is 1.98 bits per heavy atom. The number of β-lactam (4-membered cyclic amide) rings is 1. The van der Waals surface area contributed by atoms with E-state index in [1.54, 1.807) is 24.5 Å². The van der Waals surface area contributed by atoms with Gasteiger partial charge in [-0.2, -0.15) is 13.5 Å². The molecule has 0 radical (unpaired) electrons. The number of nitrogen functional groups attached to an aromatic ring is 1. The molecular weight excluding hydrogens is 743 g/mol. The van der Waals surface area contributed by atoms with Gasteiger partial charge < -0.3 is 46.7 Å². The van der Waals surface area contributed by atoms with Crippen LogP contribution in [0, 0.1) is 0 Å². The highest BCUT2D eigenvalue weighted by Gasteiger charge is 2.58. The first kappa shape index (κ1) is 40.3. The zero-order chi connectivity index (χ0) is 39.1. The van der Waals surface area contributed by atoms with Crippen LogP contribution in [0.15, 0.2) is 41.1 Å². The number of oxime groups is 1. The first-order chi connectivity index (χ1) is 24.9. The highest BCUT2D eigenvalue weighted by molar-refractivity contribution is 7.80. The van der Waals surface area contributed by atoms with Crippen molar-refractivity contribution >= 4 is 62.8 Å². The van der Waals surface area contributed by atoms with Crippen LogP contribution in [-0.2, 0) is 45.1 Å². The number of rotatable bonds is 14. The number of benzene rings is 1. The molecule has 0 unspecified atom stereocenters. The van der Waals surface area contributed by atoms with Crippen LogP contribution in [0.4, 0.5) is 11.1 Å². The summed E-state index contributed by atoms with van der Waals surface area (Å²) in [4.78, 5) is 65.4. The Bertz CT molecular complexity index is 1970. The first-order valence-electron chi connectivity index (χ1n) is 15.7. The zero-order valence-electron chi connectivity index (χ0n) is 28.5. The summed E-state index contributed by atoms with van der Waals surface area (Å²) in [6.07, 6.45) is 3.88. The molecule has 2 aliphatic rings. The van der Waals surface area contributed by atoms with E-state index in [1.165, 1.54) is 26.2 Å². The molecule has 0 spiro atoms. The van der Waals surface area contributed by atoms with Gasteiger partial charge in [-0.1, -0.05) is 11.2 Å². The predicted octanol–water partition coefficient (Wildman–Crippen LogP) is -1.61. The number of thiazole rings is 1. The number of nitrogens with one attached hydrogen (secondary N) is 2. The second-order valence-electron chi connectivity index (χ2n) is 12.2. The molecule has 3 atom stereocenters. The highest BCUT2D eigenvalue weighted by Crippen LogP contribution is 2.37. The van der Waals surface area contributed by atoms with Crippen LogP contribution in [0.2, 0.25) is 0 Å². The van der Waals surface area contributed by atoms with Crippen molar-refractivity contribution in [1.29, 1.82) is 0 Å². The summed E-state index contributed by atoms with van der Waals surface area (Å²) in [7, 11) is -5.03. The monoisotopic (exact) mass is 779 g/mol. The Kier molecular flexibility index (Phi) is 12.5. The number of carbonyl (C=O) groups excluding carboxylic acids is 3. The number of carboxylic acid groups (broad SMARTS) is 2. The molecule has 0 aliphatic carbocycles. The Morgan fingerprint density at radius 3 is 2.55 bits per heavy atom. The summed E-state index contributed by atoms with van der Waals surface area (Å²) in [5, 5.41) is 29.8. The molecule has 23 heteroatoms. The SMILES string of the molecule is CC1(C)[C@H](NC(=O)/C(=N\O[C@](C)(C(=O)O)[C@H]2CCc3cc(-c4cnc(NCCC[NH3+])nc4)ccc3O2)c2csc(N)n2)C(=O)N1OS(=O)(=O)O.O=C[O-]. The largest absolute Gasteiger partial charge is 0.554 e. The van der Waals surface area contributed by atoms with Crippen LogP contribution in [-0.4, -0.2) is 104 Å². The Labute approximate surface area is 306 Å². The molecule has 1 saturated heterocycles. The third-order valence-corrected chi connectivity index (χ3v) is 9.18. The van der Waals surface area contributed by atoms with Gasteiger partial charge in [0.1, 0.15) is 17.5 Å². The van der Waals surface area contributed by atoms with Gasteiger partial charge in [0.15, 0.2) is 16.9 Å². The molecule has 1 aromatic carbocycles. The van der Waals surface area contributed by atoms with Crippen molar-refractivity contribution in [2.45, 2.75) is 63.3 Å². The third kappa shape index (κ3) is 9.31. The molecule has 9 N–H and O–H groups in total. The number of ether oxygens (including phenoxy) is 1. The molecular formula is C30H37N9O12S2. The lowest BCUT2D eigenvalue weighted by Gasteiger charge is -2.50. The smallest absolute Gasteiger partial charge is 0.418 e. The van der Waals surface area contributed by atoms with Crippen LogP contribution in [0.1, 0.15) is 44.9 Å². The summed E-state index contributed by atoms with van der Waals surface area (Å²) in [5.74, 6) is -2.50. The zero-order valence-corrected chi connectivity index (χ0v) is 30.2. The van der Waals surface area contributed by atoms with E-state index in [0.29, 0.717) is 23.2 Å². The fourth-order valence-electron chi connectivity index (χ4n) is 5.25. The third-order valence-electron chi connectivity index (χ3n) is 8.17. The van der Waals surface area contributed by atoms with E-state index in [1.807, 2.05) is 6.07 Å². The highest BCUT2D eigenvalue weighted by atomic mass is 32.3. The van der Waals surface area contributed by atoms with E-state index in [4.69, 9.17) is 29.8 Å². The van der Waals surface area contributed by atoms with E-state index in [0.717, 1.165) is 47.5 Å². The van der Waals surface area contributed by atoms with E-state index in [-0.39, 0.29) is 17.2 Å². The number of anilines is 2. The molecule has 2 amide bonds. The quantitative estimate of drug-likeness (QED) is 0.0268. The maximum absolute atomic E-state index is 13.5. The fourth-order valence-corrected chi connectivity index (χ4v) is 6.25. The average Bonchev–Trinajstić information content (AvgIpc) is 3.54. The predicted molar refractivity (Wildman–Crippen MR) is 183 cm³/mol. The van der Waals surface area contributed by atoms with Gasteiger partial charge in [-0.15, -0.1) is 15.6 Å². The lowest BCUT2D eigenvalue weighted by atomic mass is 9.84. The van der Waals surface area contributed by atoms with Crippen molar-refractivity contribution in [3.05, 3.63) is 47.2 Å². The number of carboxylic acids is 1. The van der Waals surface area contributed by atoms with Gasteiger partial charge in [-0.05, 0) is 56.9 Å². The molecule has 4 heterocycles. The van der Waals surface area contributed by atoms with Crippen LogP contribution >= 0.6 is 11.3 Å². The van der Waals surface area contributed by atoms with Crippen molar-refractivity contribution in [2.24, 2.45) is 5.16 Å². The van der Waals surface area contributed by atoms with Gasteiger partial charge in [-0.3, -0.25) is 14.1 Å². The number of aryl methyl sites for hydroxylation is 1. The first-order valence-corrected chi connectivity index (χ1v) is 17.9. The minimum absolute atomic E-state index is 0.0600. The van der Waals surface area contributed by atoms with Gasteiger partial charge in [0.05, 0.1) is 12.1 Å². The lowest BCUT2D eigenvalue weighted by Crippen LogP contribution is -2.76. The summed E-state index contributed by atoms with van der Waals surface area (Å²) in [6.45, 7) is 5.01. The molecule has 1 fully saturated rings. The minimum Gasteiger partial charge on any atom is -0.554 e. The summed E-state index contributed by atoms with van der Waals surface area (Å²) in [6, 6.07) is 4.09. The van der Waals surface area contributed by atoms with Crippen molar-refractivity contribution in [3.63, 3.8) is 0 Å². The molecule has 2 aromatic heterocycles. The summed E-state index contributed by atoms with van der Waals surface area (Å²) < 4.78 is 41.8. The van der Waals surface area contributed by atoms with E-state index in [2.05, 4.69) is 40.8 Å². The van der Waals surface area contributed by atoms with Gasteiger partial charge in [0.2, 0.25) is 5.95 Å². The van der Waals surface area contributed by atoms with Crippen LogP contribution < -0.4 is 31.9 Å². The number of nitrogens with two attached hydrogens (primary N) is 1. The van der Waals surface area contributed by atoms with E-state index < -0.39 is 63.7 Å². The van der Waals surface area contributed by atoms with Gasteiger partial charge in [0, 0.05) is 42.8 Å². The summed E-state index contributed by atoms with van der Waals surface area (Å²) in [5.41, 5.74) is 7.87. The van der Waals surface area contributed by atoms with Gasteiger partial charge in [-0.25, -0.2) is 19.7 Å². The number of hydrogen-bond donors (Lipinski definition) is 6. The molecule has 2 aliphatic heterocycles. The Morgan fingerprint density at radius 1 is 1.30 bits per heavy atom. The number of quaternary nitrogens is 1. The van der Waals surface area contributed by atoms with Gasteiger partial charge >= 0.3 is 16.4 Å². The number of aromatic nitrogens is 3. The van der Waals surface area contributed by atoms with E-state index in [9.17, 15) is 27.9 Å². The van der Waals surface area contributed by atoms with Crippen LogP contribution in [0.25, 0.3) is 11.1 Å². The Balaban J connectivity index is 0.00000202. The second-order valence-corrected chi connectivity index (χ2v) is 14.1. The Hall–Kier alpha value is -5.49. The topological polar surface area (TPSA) is 326 Å². The number of amides is 2. The van der Waals surface area contributed by atoms with Crippen LogP contribution in [0.5, 0.6) is 5.75 Å². The van der Waals surface area contributed by atoms with Crippen LogP contribution in [0.3, 0.4) is 0 Å². The molecule has 0 saturated carbocycles. The average molecular weight is 780 g/mol. The van der Waals surface area contributed by atoms with Crippen molar-refractivity contribution in [2.75, 3.05) is 24.1 Å². The molecule has 0 bridgehead atoms. The van der Waals surface area contributed by atoms with Gasteiger partial charge in [0.25, 0.3) is 17.4 Å². The maximum atomic E-state index is 13.5. The standard InChI is InChI=1S/C29H35N9O10S2.CH2O2/c1-28(2)22(24(40)38(28)48-50(43,44)45)36-23(39)21(18-14-49-26(31)35-18)37-47-29(3,25(41)42)20-8-6-16-11-15(5-7-19(16)46-20)17-12-33-27(34-13-17)32-10-4-9-30;2-1-3/h5,7,11-14,20,22H,4,6,8-10,30H2,1-3H3,(H2,31,35)(H,36,39)(H,41,42)(H,32,33,34)(H,43,44,45);1H,(H,2,3)/b37-21-;/t20-,22-,29+;/m1./s1. The van der Waals surface area contributed by atoms with Crippen molar-refractivity contribution < 1.29 is 62.0 Å². The number of hydrogen-bond acceptors (Lipinski definition) is 17. The number of hydroxylamine groups is 2.